The van der Waals surface area contributed by atoms with Gasteiger partial charge in [0.05, 0.1) is 16.9 Å². The van der Waals surface area contributed by atoms with Crippen LogP contribution in [0.4, 0.5) is 4.79 Å². The van der Waals surface area contributed by atoms with E-state index in [9.17, 15) is 13.2 Å². The Kier molecular flexibility index (Phi) is 5.96. The van der Waals surface area contributed by atoms with Gasteiger partial charge in [-0.1, -0.05) is 30.3 Å². The second-order valence-corrected chi connectivity index (χ2v) is 7.73. The van der Waals surface area contributed by atoms with Crippen LogP contribution in [0.2, 0.25) is 0 Å². The highest BCUT2D eigenvalue weighted by molar-refractivity contribution is 7.91. The molecular weight excluding hydrogens is 380 g/mol. The predicted molar refractivity (Wildman–Crippen MR) is 102 cm³/mol. The third-order valence-electron chi connectivity index (χ3n) is 3.90. The SMILES string of the molecule is COc1ccc(S(=O)(=O)c2ccc(OC(=O)OCc3ccccc3)cc2)cc1. The first-order valence-electron chi connectivity index (χ1n) is 8.37. The molecule has 0 aromatic heterocycles. The Balaban J connectivity index is 1.64. The monoisotopic (exact) mass is 398 g/mol. The average Bonchev–Trinajstić information content (AvgIpc) is 2.73. The first kappa shape index (κ1) is 19.4. The minimum absolute atomic E-state index is 0.0858. The van der Waals surface area contributed by atoms with Crippen LogP contribution in [0.25, 0.3) is 0 Å². The van der Waals surface area contributed by atoms with Crippen LogP contribution in [0.1, 0.15) is 5.56 Å². The highest BCUT2D eigenvalue weighted by Gasteiger charge is 2.18. The zero-order valence-electron chi connectivity index (χ0n) is 15.1. The molecular formula is C21H18O6S. The smallest absolute Gasteiger partial charge is 0.497 e. The summed E-state index contributed by atoms with van der Waals surface area (Å²) in [6.45, 7) is 0.0869. The Bertz CT molecular complexity index is 1030. The van der Waals surface area contributed by atoms with E-state index in [0.717, 1.165) is 5.56 Å². The van der Waals surface area contributed by atoms with Crippen LogP contribution in [-0.2, 0) is 21.2 Å². The zero-order chi connectivity index (χ0) is 20.0. The Morgan fingerprint density at radius 1 is 0.786 bits per heavy atom. The van der Waals surface area contributed by atoms with Crippen molar-refractivity contribution < 1.29 is 27.4 Å². The summed E-state index contributed by atoms with van der Waals surface area (Å²) < 4.78 is 40.4. The molecule has 3 aromatic rings. The Hall–Kier alpha value is -3.32. The van der Waals surface area contributed by atoms with Gasteiger partial charge in [-0.15, -0.1) is 0 Å². The number of ether oxygens (including phenoxy) is 3. The first-order chi connectivity index (χ1) is 13.5. The molecule has 0 fully saturated rings. The molecule has 0 amide bonds. The molecule has 0 aliphatic carbocycles. The van der Waals surface area contributed by atoms with Crippen molar-refractivity contribution in [3.05, 3.63) is 84.4 Å². The fraction of sp³-hybridized carbons (Fsp3) is 0.0952. The second kappa shape index (κ2) is 8.58. The maximum Gasteiger partial charge on any atom is 0.514 e. The van der Waals surface area contributed by atoms with E-state index >= 15 is 0 Å². The Labute approximate surface area is 163 Å². The second-order valence-electron chi connectivity index (χ2n) is 5.78. The van der Waals surface area contributed by atoms with Gasteiger partial charge >= 0.3 is 6.16 Å². The van der Waals surface area contributed by atoms with Gasteiger partial charge in [-0.2, -0.15) is 0 Å². The van der Waals surface area contributed by atoms with Crippen molar-refractivity contribution in [2.45, 2.75) is 16.4 Å². The molecule has 7 heteroatoms. The molecule has 0 unspecified atom stereocenters. The zero-order valence-corrected chi connectivity index (χ0v) is 15.9. The van der Waals surface area contributed by atoms with E-state index in [1.807, 2.05) is 30.3 Å². The van der Waals surface area contributed by atoms with Crippen molar-refractivity contribution >= 4 is 16.0 Å². The van der Waals surface area contributed by atoms with Crippen LogP contribution in [0.15, 0.2) is 88.7 Å². The van der Waals surface area contributed by atoms with Gasteiger partial charge in [0.1, 0.15) is 18.1 Å². The molecule has 0 heterocycles. The molecule has 3 aromatic carbocycles. The molecule has 0 spiro atoms. The van der Waals surface area contributed by atoms with Crippen molar-refractivity contribution in [1.82, 2.24) is 0 Å². The van der Waals surface area contributed by atoms with Gasteiger partial charge in [-0.05, 0) is 54.1 Å². The highest BCUT2D eigenvalue weighted by Crippen LogP contribution is 2.25. The summed E-state index contributed by atoms with van der Waals surface area (Å²) in [6.07, 6.45) is -0.866. The molecule has 6 nitrogen and oxygen atoms in total. The lowest BCUT2D eigenvalue weighted by atomic mass is 10.2. The van der Waals surface area contributed by atoms with Gasteiger partial charge in [0.25, 0.3) is 0 Å². The topological polar surface area (TPSA) is 78.9 Å². The van der Waals surface area contributed by atoms with Gasteiger partial charge in [0.2, 0.25) is 9.84 Å². The summed E-state index contributed by atoms with van der Waals surface area (Å²) in [5, 5.41) is 0. The van der Waals surface area contributed by atoms with E-state index in [1.54, 1.807) is 12.1 Å². The molecule has 144 valence electrons. The van der Waals surface area contributed by atoms with E-state index in [-0.39, 0.29) is 22.1 Å². The lowest BCUT2D eigenvalue weighted by molar-refractivity contribution is 0.0927. The minimum Gasteiger partial charge on any atom is -0.497 e. The summed E-state index contributed by atoms with van der Waals surface area (Å²) in [5.41, 5.74) is 0.834. The van der Waals surface area contributed by atoms with Crippen molar-refractivity contribution in [2.75, 3.05) is 7.11 Å². The molecule has 0 bridgehead atoms. The Morgan fingerprint density at radius 2 is 1.32 bits per heavy atom. The quantitative estimate of drug-likeness (QED) is 0.456. The summed E-state index contributed by atoms with van der Waals surface area (Å²) in [7, 11) is -2.18. The molecule has 0 aliphatic rings. The fourth-order valence-electron chi connectivity index (χ4n) is 2.42. The third-order valence-corrected chi connectivity index (χ3v) is 5.69. The number of carbonyl (C=O) groups excluding carboxylic acids is 1. The number of benzene rings is 3. The lowest BCUT2D eigenvalue weighted by Gasteiger charge is -2.08. The van der Waals surface area contributed by atoms with Crippen LogP contribution in [-0.4, -0.2) is 21.7 Å². The standard InChI is InChI=1S/C21H18O6S/c1-25-17-7-11-19(12-8-17)28(23,24)20-13-9-18(10-14-20)27-21(22)26-15-16-5-3-2-4-6-16/h2-14H,15H2,1H3. The van der Waals surface area contributed by atoms with Gasteiger partial charge in [-0.3, -0.25) is 0 Å². The van der Waals surface area contributed by atoms with Crippen LogP contribution < -0.4 is 9.47 Å². The van der Waals surface area contributed by atoms with Gasteiger partial charge in [0.15, 0.2) is 0 Å². The van der Waals surface area contributed by atoms with E-state index in [2.05, 4.69) is 0 Å². The molecule has 3 rings (SSSR count). The molecule has 0 radical (unpaired) electrons. The average molecular weight is 398 g/mol. The predicted octanol–water partition coefficient (Wildman–Crippen LogP) is 4.24. The van der Waals surface area contributed by atoms with Gasteiger partial charge < -0.3 is 14.2 Å². The van der Waals surface area contributed by atoms with E-state index in [0.29, 0.717) is 5.75 Å². The first-order valence-corrected chi connectivity index (χ1v) is 9.85. The van der Waals surface area contributed by atoms with Crippen LogP contribution in [0.5, 0.6) is 11.5 Å². The van der Waals surface area contributed by atoms with E-state index in [1.165, 1.54) is 43.5 Å². The summed E-state index contributed by atoms with van der Waals surface area (Å²) in [4.78, 5) is 12.0. The highest BCUT2D eigenvalue weighted by atomic mass is 32.2. The molecule has 28 heavy (non-hydrogen) atoms. The molecule has 0 aliphatic heterocycles. The number of rotatable bonds is 6. The maximum absolute atomic E-state index is 12.7. The maximum atomic E-state index is 12.7. The van der Waals surface area contributed by atoms with Crippen molar-refractivity contribution in [3.63, 3.8) is 0 Å². The molecule has 0 saturated carbocycles. The number of carbonyl (C=O) groups is 1. The number of sulfone groups is 1. The minimum atomic E-state index is -3.68. The van der Waals surface area contributed by atoms with Crippen LogP contribution in [0, 0.1) is 0 Å². The van der Waals surface area contributed by atoms with Crippen molar-refractivity contribution in [3.8, 4) is 11.5 Å². The normalized spacial score (nSPS) is 10.9. The number of hydrogen-bond acceptors (Lipinski definition) is 6. The fourth-order valence-corrected chi connectivity index (χ4v) is 3.68. The summed E-state index contributed by atoms with van der Waals surface area (Å²) in [6, 6.07) is 20.8. The summed E-state index contributed by atoms with van der Waals surface area (Å²) in [5.74, 6) is 0.753. The largest absolute Gasteiger partial charge is 0.514 e. The molecule has 0 atom stereocenters. The van der Waals surface area contributed by atoms with Crippen molar-refractivity contribution in [2.24, 2.45) is 0 Å². The Morgan fingerprint density at radius 3 is 1.86 bits per heavy atom. The van der Waals surface area contributed by atoms with Crippen molar-refractivity contribution in [1.29, 1.82) is 0 Å². The number of methoxy groups -OCH3 is 1. The van der Waals surface area contributed by atoms with E-state index in [4.69, 9.17) is 14.2 Å². The summed E-state index contributed by atoms with van der Waals surface area (Å²) >= 11 is 0. The molecule has 0 saturated heterocycles. The van der Waals surface area contributed by atoms with Gasteiger partial charge in [-0.25, -0.2) is 13.2 Å². The lowest BCUT2D eigenvalue weighted by Crippen LogP contribution is -2.10. The number of hydrogen-bond donors (Lipinski definition) is 0. The van der Waals surface area contributed by atoms with Crippen LogP contribution >= 0.6 is 0 Å². The van der Waals surface area contributed by atoms with Crippen LogP contribution in [0.3, 0.4) is 0 Å². The molecule has 0 N–H and O–H groups in total. The van der Waals surface area contributed by atoms with E-state index < -0.39 is 16.0 Å². The third kappa shape index (κ3) is 4.69. The van der Waals surface area contributed by atoms with Gasteiger partial charge in [0, 0.05) is 0 Å².